The maximum Gasteiger partial charge on any atom is 0.255 e. The second-order valence-corrected chi connectivity index (χ2v) is 8.10. The van der Waals surface area contributed by atoms with Crippen LogP contribution in [0.2, 0.25) is 0 Å². The van der Waals surface area contributed by atoms with Crippen LogP contribution < -0.4 is 5.32 Å². The van der Waals surface area contributed by atoms with E-state index in [2.05, 4.69) is 10.3 Å². The monoisotopic (exact) mass is 355 g/mol. The molecule has 2 aliphatic rings. The van der Waals surface area contributed by atoms with Crippen LogP contribution in [0.1, 0.15) is 66.7 Å². The van der Waals surface area contributed by atoms with E-state index in [0.717, 1.165) is 55.9 Å². The zero-order valence-corrected chi connectivity index (χ0v) is 15.9. The molecule has 1 saturated carbocycles. The Kier molecular flexibility index (Phi) is 4.74. The molecule has 0 bridgehead atoms. The van der Waals surface area contributed by atoms with Crippen LogP contribution in [0.15, 0.2) is 18.3 Å². The number of hydrogen-bond donors (Lipinski definition) is 1. The first-order valence-corrected chi connectivity index (χ1v) is 9.94. The molecule has 1 amide bonds. The number of hydrogen-bond acceptors (Lipinski definition) is 3. The van der Waals surface area contributed by atoms with Crippen LogP contribution >= 0.6 is 0 Å². The molecule has 0 atom stereocenters. The van der Waals surface area contributed by atoms with E-state index in [1.54, 1.807) is 0 Å². The van der Waals surface area contributed by atoms with Gasteiger partial charge in [0.05, 0.1) is 11.2 Å². The van der Waals surface area contributed by atoms with Crippen LogP contribution in [0.3, 0.4) is 0 Å². The zero-order valence-electron chi connectivity index (χ0n) is 15.9. The molecule has 1 spiro atoms. The SMILES string of the molecule is Cc1cc(C)n2ccc(C(=O)NCC3CCC4(CCCCO4)CC3)c2n1. The van der Waals surface area contributed by atoms with Crippen molar-refractivity contribution in [2.45, 2.75) is 64.4 Å². The van der Waals surface area contributed by atoms with Crippen LogP contribution in [0.5, 0.6) is 0 Å². The summed E-state index contributed by atoms with van der Waals surface area (Å²) in [5.74, 6) is 0.541. The van der Waals surface area contributed by atoms with E-state index >= 15 is 0 Å². The molecule has 4 rings (SSSR count). The topological polar surface area (TPSA) is 55.6 Å². The van der Waals surface area contributed by atoms with E-state index in [1.807, 2.05) is 36.6 Å². The average molecular weight is 355 g/mol. The third-order valence-electron chi connectivity index (χ3n) is 6.19. The van der Waals surface area contributed by atoms with E-state index in [1.165, 1.54) is 19.3 Å². The summed E-state index contributed by atoms with van der Waals surface area (Å²) in [4.78, 5) is 17.2. The van der Waals surface area contributed by atoms with Crippen molar-refractivity contribution in [1.29, 1.82) is 0 Å². The van der Waals surface area contributed by atoms with E-state index in [4.69, 9.17) is 4.74 Å². The predicted octanol–water partition coefficient (Wildman–Crippen LogP) is 3.81. The molecule has 1 aliphatic heterocycles. The van der Waals surface area contributed by atoms with Crippen LogP contribution in [0.4, 0.5) is 0 Å². The highest BCUT2D eigenvalue weighted by Crippen LogP contribution is 2.40. The molecule has 2 fully saturated rings. The first-order chi connectivity index (χ1) is 12.6. The van der Waals surface area contributed by atoms with Gasteiger partial charge in [-0.3, -0.25) is 4.79 Å². The largest absolute Gasteiger partial charge is 0.375 e. The van der Waals surface area contributed by atoms with Crippen molar-refractivity contribution in [3.05, 3.63) is 35.3 Å². The highest BCUT2D eigenvalue weighted by atomic mass is 16.5. The molecular formula is C21H29N3O2. The van der Waals surface area contributed by atoms with Crippen molar-refractivity contribution in [3.8, 4) is 0 Å². The second kappa shape index (κ2) is 7.03. The summed E-state index contributed by atoms with van der Waals surface area (Å²) < 4.78 is 8.09. The molecule has 2 aromatic heterocycles. The van der Waals surface area contributed by atoms with E-state index in [-0.39, 0.29) is 11.5 Å². The van der Waals surface area contributed by atoms with Crippen molar-refractivity contribution < 1.29 is 9.53 Å². The minimum atomic E-state index is -0.0146. The fourth-order valence-corrected chi connectivity index (χ4v) is 4.62. The molecular weight excluding hydrogens is 326 g/mol. The molecule has 26 heavy (non-hydrogen) atoms. The van der Waals surface area contributed by atoms with Gasteiger partial charge in [0.2, 0.25) is 0 Å². The van der Waals surface area contributed by atoms with E-state index < -0.39 is 0 Å². The summed E-state index contributed by atoms with van der Waals surface area (Å²) in [7, 11) is 0. The van der Waals surface area contributed by atoms with Crippen molar-refractivity contribution in [3.63, 3.8) is 0 Å². The number of rotatable bonds is 3. The van der Waals surface area contributed by atoms with Crippen LogP contribution in [0.25, 0.3) is 5.65 Å². The minimum absolute atomic E-state index is 0.0146. The predicted molar refractivity (Wildman–Crippen MR) is 101 cm³/mol. The Morgan fingerprint density at radius 2 is 2.12 bits per heavy atom. The Morgan fingerprint density at radius 3 is 2.85 bits per heavy atom. The summed E-state index contributed by atoms with van der Waals surface area (Å²) in [6.45, 7) is 5.67. The smallest absolute Gasteiger partial charge is 0.255 e. The first kappa shape index (κ1) is 17.5. The maximum atomic E-state index is 12.7. The highest BCUT2D eigenvalue weighted by Gasteiger charge is 2.37. The lowest BCUT2D eigenvalue weighted by molar-refractivity contribution is -0.106. The van der Waals surface area contributed by atoms with Gasteiger partial charge in [-0.1, -0.05) is 0 Å². The van der Waals surface area contributed by atoms with Crippen LogP contribution in [-0.4, -0.2) is 34.0 Å². The quantitative estimate of drug-likeness (QED) is 0.911. The third kappa shape index (κ3) is 3.37. The van der Waals surface area contributed by atoms with Crippen molar-refractivity contribution in [1.82, 2.24) is 14.7 Å². The lowest BCUT2D eigenvalue weighted by Crippen LogP contribution is -2.42. The molecule has 1 aliphatic carbocycles. The number of aryl methyl sites for hydroxylation is 2. The molecule has 0 unspecified atom stereocenters. The molecule has 3 heterocycles. The Labute approximate surface area is 155 Å². The number of nitrogens with zero attached hydrogens (tertiary/aromatic N) is 2. The van der Waals surface area contributed by atoms with Crippen LogP contribution in [-0.2, 0) is 4.74 Å². The Hall–Kier alpha value is -1.88. The van der Waals surface area contributed by atoms with Gasteiger partial charge in [-0.15, -0.1) is 0 Å². The number of aromatic nitrogens is 2. The van der Waals surface area contributed by atoms with Gasteiger partial charge in [0.25, 0.3) is 5.91 Å². The number of carbonyl (C=O) groups excluding carboxylic acids is 1. The lowest BCUT2D eigenvalue weighted by Gasteiger charge is -2.42. The maximum absolute atomic E-state index is 12.7. The van der Waals surface area contributed by atoms with E-state index in [9.17, 15) is 4.79 Å². The molecule has 1 saturated heterocycles. The van der Waals surface area contributed by atoms with Gasteiger partial charge in [0.1, 0.15) is 5.65 Å². The molecule has 0 radical (unpaired) electrons. The van der Waals surface area contributed by atoms with Gasteiger partial charge < -0.3 is 14.5 Å². The number of ether oxygens (including phenoxy) is 1. The summed E-state index contributed by atoms with van der Waals surface area (Å²) in [6, 6.07) is 3.90. The fraction of sp³-hybridized carbons (Fsp3) is 0.619. The van der Waals surface area contributed by atoms with Gasteiger partial charge in [-0.25, -0.2) is 4.98 Å². The molecule has 0 aromatic carbocycles. The normalized spacial score (nSPS) is 26.3. The number of nitrogens with one attached hydrogen (secondary N) is 1. The van der Waals surface area contributed by atoms with Crippen molar-refractivity contribution in [2.75, 3.05) is 13.2 Å². The van der Waals surface area contributed by atoms with Gasteiger partial charge in [0, 0.05) is 30.7 Å². The summed E-state index contributed by atoms with van der Waals surface area (Å²) >= 11 is 0. The summed E-state index contributed by atoms with van der Waals surface area (Å²) in [5, 5.41) is 3.14. The van der Waals surface area contributed by atoms with Crippen LogP contribution in [0, 0.1) is 19.8 Å². The number of fused-ring (bicyclic) bond motifs is 1. The zero-order chi connectivity index (χ0) is 18.1. The Morgan fingerprint density at radius 1 is 1.31 bits per heavy atom. The molecule has 1 N–H and O–H groups in total. The number of amides is 1. The second-order valence-electron chi connectivity index (χ2n) is 8.10. The molecule has 140 valence electrons. The standard InChI is InChI=1S/C21H29N3O2/c1-15-13-16(2)24-11-7-18(19(24)23-15)20(25)22-14-17-5-9-21(10-6-17)8-3-4-12-26-21/h7,11,13,17H,3-6,8-10,12,14H2,1-2H3,(H,22,25). The number of carbonyl (C=O) groups is 1. The lowest BCUT2D eigenvalue weighted by atomic mass is 9.75. The minimum Gasteiger partial charge on any atom is -0.375 e. The molecule has 5 nitrogen and oxygen atoms in total. The van der Waals surface area contributed by atoms with Gasteiger partial charge >= 0.3 is 0 Å². The van der Waals surface area contributed by atoms with Gasteiger partial charge in [-0.2, -0.15) is 0 Å². The summed E-state index contributed by atoms with van der Waals surface area (Å²) in [6.07, 6.45) is 10.2. The third-order valence-corrected chi connectivity index (χ3v) is 6.19. The Bertz CT molecular complexity index is 795. The van der Waals surface area contributed by atoms with E-state index in [0.29, 0.717) is 11.5 Å². The highest BCUT2D eigenvalue weighted by molar-refractivity contribution is 6.00. The molecule has 2 aromatic rings. The molecule has 5 heteroatoms. The Balaban J connectivity index is 1.36. The van der Waals surface area contributed by atoms with Gasteiger partial charge in [-0.05, 0) is 76.8 Å². The average Bonchev–Trinajstić information content (AvgIpc) is 3.06. The van der Waals surface area contributed by atoms with Crippen molar-refractivity contribution in [2.24, 2.45) is 5.92 Å². The first-order valence-electron chi connectivity index (χ1n) is 9.94. The van der Waals surface area contributed by atoms with Gasteiger partial charge in [0.15, 0.2) is 0 Å². The fourth-order valence-electron chi connectivity index (χ4n) is 4.62. The van der Waals surface area contributed by atoms with Crippen molar-refractivity contribution >= 4 is 11.6 Å². The summed E-state index contributed by atoms with van der Waals surface area (Å²) in [5.41, 5.74) is 3.60.